The lowest BCUT2D eigenvalue weighted by Gasteiger charge is -2.28. The van der Waals surface area contributed by atoms with Crippen molar-refractivity contribution >= 4 is 17.7 Å². The fourth-order valence-corrected chi connectivity index (χ4v) is 6.64. The van der Waals surface area contributed by atoms with E-state index in [9.17, 15) is 23.2 Å². The van der Waals surface area contributed by atoms with E-state index in [1.807, 2.05) is 0 Å². The van der Waals surface area contributed by atoms with Gasteiger partial charge in [0, 0.05) is 24.3 Å². The standard InChI is InChI=1S/C18H24F2N4O3/c19-18(20)12-7-4-8(13(12)18)11-9(7)5-23-14(11)17(27)24-10(15(21)25)3-6-1-2-22-16(6)26/h6-14,23H,1-5H2,(H2,21,25)(H,22,26)(H,24,27)/t6-,7+,8-,9+,10-,11-,12+,13-,14-/m0/s1. The van der Waals surface area contributed by atoms with E-state index in [4.69, 9.17) is 5.73 Å². The van der Waals surface area contributed by atoms with E-state index in [2.05, 4.69) is 16.0 Å². The number of alkyl halides is 2. The summed E-state index contributed by atoms with van der Waals surface area (Å²) in [4.78, 5) is 36.4. The van der Waals surface area contributed by atoms with Crippen molar-refractivity contribution in [1.29, 1.82) is 0 Å². The Morgan fingerprint density at radius 1 is 1.26 bits per heavy atom. The van der Waals surface area contributed by atoms with Crippen molar-refractivity contribution in [3.05, 3.63) is 0 Å². The number of nitrogens with two attached hydrogens (primary N) is 1. The average molecular weight is 382 g/mol. The van der Waals surface area contributed by atoms with Gasteiger partial charge in [-0.05, 0) is 49.5 Å². The summed E-state index contributed by atoms with van der Waals surface area (Å²) in [6.07, 6.45) is 1.56. The van der Waals surface area contributed by atoms with Crippen molar-refractivity contribution in [3.8, 4) is 0 Å². The van der Waals surface area contributed by atoms with Crippen molar-refractivity contribution in [3.63, 3.8) is 0 Å². The first-order valence-electron chi connectivity index (χ1n) is 9.79. The molecule has 5 aliphatic rings. The van der Waals surface area contributed by atoms with Gasteiger partial charge in [-0.3, -0.25) is 14.4 Å². The maximum Gasteiger partial charge on any atom is 0.255 e. The molecule has 0 aromatic carbocycles. The van der Waals surface area contributed by atoms with Crippen molar-refractivity contribution in [2.75, 3.05) is 13.1 Å². The maximum atomic E-state index is 14.0. The number of nitrogens with one attached hydrogen (secondary N) is 3. The number of hydrogen-bond donors (Lipinski definition) is 4. The van der Waals surface area contributed by atoms with Gasteiger partial charge in [0.05, 0.1) is 6.04 Å². The molecule has 3 amide bonds. The number of amides is 3. The number of primary amides is 1. The van der Waals surface area contributed by atoms with E-state index < -0.39 is 35.7 Å². The fourth-order valence-electron chi connectivity index (χ4n) is 6.64. The average Bonchev–Trinajstić information content (AvgIpc) is 3.15. The Morgan fingerprint density at radius 2 is 2.00 bits per heavy atom. The second kappa shape index (κ2) is 5.62. The van der Waals surface area contributed by atoms with E-state index in [1.54, 1.807) is 0 Å². The van der Waals surface area contributed by atoms with E-state index in [0.29, 0.717) is 19.5 Å². The number of halogens is 2. The minimum absolute atomic E-state index is 0.000535. The first-order chi connectivity index (χ1) is 12.8. The molecule has 27 heavy (non-hydrogen) atoms. The highest BCUT2D eigenvalue weighted by molar-refractivity contribution is 5.90. The number of hydrogen-bond acceptors (Lipinski definition) is 4. The molecule has 0 unspecified atom stereocenters. The van der Waals surface area contributed by atoms with Gasteiger partial charge < -0.3 is 21.7 Å². The van der Waals surface area contributed by atoms with Crippen LogP contribution in [0.4, 0.5) is 8.78 Å². The normalized spacial score (nSPS) is 46.5. The van der Waals surface area contributed by atoms with Crippen LogP contribution in [0, 0.1) is 41.4 Å². The molecule has 3 aliphatic carbocycles. The summed E-state index contributed by atoms with van der Waals surface area (Å²) in [6, 6.07) is -1.50. The Labute approximate surface area is 155 Å². The van der Waals surface area contributed by atoms with Crippen LogP contribution in [0.3, 0.4) is 0 Å². The molecule has 2 heterocycles. The molecular weight excluding hydrogens is 358 g/mol. The summed E-state index contributed by atoms with van der Waals surface area (Å²) in [5, 5.41) is 8.57. The first-order valence-corrected chi connectivity index (χ1v) is 9.79. The molecule has 0 radical (unpaired) electrons. The van der Waals surface area contributed by atoms with Gasteiger partial charge in [-0.25, -0.2) is 8.78 Å². The molecule has 2 saturated heterocycles. The highest BCUT2D eigenvalue weighted by Crippen LogP contribution is 2.77. The smallest absolute Gasteiger partial charge is 0.255 e. The fraction of sp³-hybridized carbons (Fsp3) is 0.833. The predicted octanol–water partition coefficient (Wildman–Crippen LogP) is -0.782. The highest BCUT2D eigenvalue weighted by atomic mass is 19.3. The maximum absolute atomic E-state index is 14.0. The van der Waals surface area contributed by atoms with E-state index in [1.165, 1.54) is 0 Å². The van der Waals surface area contributed by atoms with Gasteiger partial charge >= 0.3 is 0 Å². The van der Waals surface area contributed by atoms with Crippen molar-refractivity contribution in [2.45, 2.75) is 37.3 Å². The molecule has 3 saturated carbocycles. The zero-order valence-electron chi connectivity index (χ0n) is 14.8. The van der Waals surface area contributed by atoms with Gasteiger partial charge in [0.15, 0.2) is 0 Å². The van der Waals surface area contributed by atoms with Crippen LogP contribution in [0.25, 0.3) is 0 Å². The molecule has 5 fully saturated rings. The van der Waals surface area contributed by atoms with Gasteiger partial charge in [0.1, 0.15) is 6.04 Å². The molecule has 148 valence electrons. The van der Waals surface area contributed by atoms with Crippen molar-refractivity contribution in [2.24, 2.45) is 47.2 Å². The van der Waals surface area contributed by atoms with Crippen LogP contribution in [-0.2, 0) is 14.4 Å². The summed E-state index contributed by atoms with van der Waals surface area (Å²) in [5.41, 5.74) is 5.43. The van der Waals surface area contributed by atoms with Crippen molar-refractivity contribution in [1.82, 2.24) is 16.0 Å². The summed E-state index contributed by atoms with van der Waals surface area (Å²) in [6.45, 7) is 1.12. The quantitative estimate of drug-likeness (QED) is 0.499. The summed E-state index contributed by atoms with van der Waals surface area (Å²) >= 11 is 0. The third-order valence-electron chi connectivity index (χ3n) is 7.76. The zero-order chi connectivity index (χ0) is 19.1. The largest absolute Gasteiger partial charge is 0.368 e. The second-order valence-corrected chi connectivity index (χ2v) is 8.89. The molecule has 9 atom stereocenters. The lowest BCUT2D eigenvalue weighted by molar-refractivity contribution is -0.130. The molecule has 0 aromatic rings. The van der Waals surface area contributed by atoms with Crippen LogP contribution >= 0.6 is 0 Å². The van der Waals surface area contributed by atoms with E-state index in [0.717, 1.165) is 6.42 Å². The Bertz CT molecular complexity index is 717. The van der Waals surface area contributed by atoms with Gasteiger partial charge in [0.2, 0.25) is 17.7 Å². The monoisotopic (exact) mass is 382 g/mol. The van der Waals surface area contributed by atoms with Crippen LogP contribution in [0.5, 0.6) is 0 Å². The van der Waals surface area contributed by atoms with Crippen molar-refractivity contribution < 1.29 is 23.2 Å². The zero-order valence-corrected chi connectivity index (χ0v) is 14.8. The van der Waals surface area contributed by atoms with Crippen LogP contribution in [0.15, 0.2) is 0 Å². The first kappa shape index (κ1) is 17.3. The van der Waals surface area contributed by atoms with Gasteiger partial charge in [-0.15, -0.1) is 0 Å². The molecule has 5 N–H and O–H groups in total. The minimum atomic E-state index is -2.56. The molecular formula is C18H24F2N4O3. The number of rotatable bonds is 5. The SMILES string of the molecule is NC(=O)[C@H](C[C@@H]1CCNC1=O)NC(=O)[C@H]1NC[C@@H]2[C@H]3C[C@@H]([C@@H]21)[C@H]1[C@@H]3C1(F)F. The summed E-state index contributed by atoms with van der Waals surface area (Å²) in [5.74, 6) is -5.29. The highest BCUT2D eigenvalue weighted by Gasteiger charge is 2.82. The van der Waals surface area contributed by atoms with Gasteiger partial charge in [0.25, 0.3) is 5.92 Å². The van der Waals surface area contributed by atoms with Crippen LogP contribution < -0.4 is 21.7 Å². The Morgan fingerprint density at radius 3 is 2.67 bits per heavy atom. The molecule has 0 aromatic heterocycles. The Hall–Kier alpha value is -1.77. The van der Waals surface area contributed by atoms with Gasteiger partial charge in [-0.2, -0.15) is 0 Å². The molecule has 2 bridgehead atoms. The number of carbonyl (C=O) groups excluding carboxylic acids is 3. The molecule has 7 nitrogen and oxygen atoms in total. The lowest BCUT2D eigenvalue weighted by atomic mass is 9.78. The van der Waals surface area contributed by atoms with Crippen LogP contribution in [0.2, 0.25) is 0 Å². The summed E-state index contributed by atoms with van der Waals surface area (Å²) in [7, 11) is 0. The Kier molecular flexibility index (Phi) is 3.61. The van der Waals surface area contributed by atoms with Crippen LogP contribution in [0.1, 0.15) is 19.3 Å². The second-order valence-electron chi connectivity index (χ2n) is 8.89. The Balaban J connectivity index is 1.27. The summed E-state index contributed by atoms with van der Waals surface area (Å²) < 4.78 is 28.0. The third-order valence-corrected chi connectivity index (χ3v) is 7.76. The topological polar surface area (TPSA) is 113 Å². The molecule has 0 spiro atoms. The van der Waals surface area contributed by atoms with Gasteiger partial charge in [-0.1, -0.05) is 0 Å². The minimum Gasteiger partial charge on any atom is -0.368 e. The molecule has 2 aliphatic heterocycles. The lowest BCUT2D eigenvalue weighted by Crippen LogP contribution is -2.53. The predicted molar refractivity (Wildman–Crippen MR) is 89.2 cm³/mol. The third kappa shape index (κ3) is 2.36. The molecule has 9 heteroatoms. The van der Waals surface area contributed by atoms with E-state index in [-0.39, 0.29) is 47.8 Å². The van der Waals surface area contributed by atoms with Crippen LogP contribution in [-0.4, -0.2) is 48.8 Å². The number of carbonyl (C=O) groups is 3. The number of fused-ring (bicyclic) bond motifs is 8. The van der Waals surface area contributed by atoms with E-state index >= 15 is 0 Å². The molecule has 5 rings (SSSR count).